The second-order valence-corrected chi connectivity index (χ2v) is 7.27. The number of anilines is 1. The first-order valence-electron chi connectivity index (χ1n) is 8.50. The number of hydrogen-bond acceptors (Lipinski definition) is 5. The minimum atomic E-state index is -0.390. The van der Waals surface area contributed by atoms with Crippen molar-refractivity contribution in [2.24, 2.45) is 0 Å². The number of aromatic amines is 1. The van der Waals surface area contributed by atoms with E-state index in [2.05, 4.69) is 15.3 Å². The zero-order valence-electron chi connectivity index (χ0n) is 14.3. The highest BCUT2D eigenvalue weighted by atomic mass is 32.2. The molecule has 2 heterocycles. The van der Waals surface area contributed by atoms with Gasteiger partial charge in [0.05, 0.1) is 5.56 Å². The molecule has 0 spiro atoms. The van der Waals surface area contributed by atoms with Crippen molar-refractivity contribution in [2.45, 2.75) is 23.2 Å². The summed E-state index contributed by atoms with van der Waals surface area (Å²) >= 11 is 1.41. The normalized spacial score (nSPS) is 15.9. The first-order valence-corrected chi connectivity index (χ1v) is 9.48. The molecule has 1 aliphatic rings. The van der Waals surface area contributed by atoms with Crippen molar-refractivity contribution >= 4 is 23.5 Å². The molecule has 7 heteroatoms. The average molecular weight is 379 g/mol. The lowest BCUT2D eigenvalue weighted by Crippen LogP contribution is -2.31. The molecule has 1 atom stereocenters. The van der Waals surface area contributed by atoms with E-state index in [0.717, 1.165) is 11.1 Å². The van der Waals surface area contributed by atoms with Crippen LogP contribution in [0.5, 0.6) is 5.75 Å². The van der Waals surface area contributed by atoms with E-state index < -0.39 is 5.92 Å². The summed E-state index contributed by atoms with van der Waals surface area (Å²) in [5.74, 6) is 0.539. The number of phenolic OH excluding ortho intramolecular Hbond substituents is 1. The van der Waals surface area contributed by atoms with Crippen molar-refractivity contribution < 1.29 is 9.90 Å². The van der Waals surface area contributed by atoms with E-state index in [-0.39, 0.29) is 23.6 Å². The van der Waals surface area contributed by atoms with Crippen molar-refractivity contribution in [1.82, 2.24) is 9.97 Å². The fourth-order valence-corrected chi connectivity index (χ4v) is 3.95. The summed E-state index contributed by atoms with van der Waals surface area (Å²) in [6.45, 7) is 0. The standard InChI is InChI=1S/C20H17N3O3S/c24-14-8-6-13(7-9-14)15-10-16(25)21-18-17(15)19(26)23-20(22-18)27-11-12-4-2-1-3-5-12/h1-9,15,24H,10-11H2,(H2,21,22,23,25,26). The van der Waals surface area contributed by atoms with Crippen molar-refractivity contribution in [3.05, 3.63) is 81.6 Å². The number of H-pyrrole nitrogens is 1. The van der Waals surface area contributed by atoms with Crippen LogP contribution in [0.15, 0.2) is 64.5 Å². The molecule has 1 aromatic heterocycles. The summed E-state index contributed by atoms with van der Waals surface area (Å²) in [7, 11) is 0. The fraction of sp³-hybridized carbons (Fsp3) is 0.150. The molecule has 136 valence electrons. The molecule has 3 N–H and O–H groups in total. The van der Waals surface area contributed by atoms with E-state index in [9.17, 15) is 14.7 Å². The number of hydrogen-bond donors (Lipinski definition) is 3. The van der Waals surface area contributed by atoms with Crippen LogP contribution in [0.1, 0.15) is 29.0 Å². The van der Waals surface area contributed by atoms with Gasteiger partial charge in [0, 0.05) is 18.1 Å². The lowest BCUT2D eigenvalue weighted by Gasteiger charge is -2.24. The number of aromatic hydroxyl groups is 1. The summed E-state index contributed by atoms with van der Waals surface area (Å²) in [4.78, 5) is 32.2. The van der Waals surface area contributed by atoms with Gasteiger partial charge < -0.3 is 15.4 Å². The Labute approximate surface area is 159 Å². The topological polar surface area (TPSA) is 95.1 Å². The lowest BCUT2D eigenvalue weighted by atomic mass is 9.87. The van der Waals surface area contributed by atoms with Crippen LogP contribution in [-0.4, -0.2) is 21.0 Å². The maximum Gasteiger partial charge on any atom is 0.257 e. The number of amides is 1. The third kappa shape index (κ3) is 3.73. The number of benzene rings is 2. The van der Waals surface area contributed by atoms with Crippen molar-refractivity contribution in [3.8, 4) is 5.75 Å². The molecule has 0 saturated carbocycles. The second-order valence-electron chi connectivity index (χ2n) is 6.30. The maximum atomic E-state index is 12.7. The number of nitrogens with zero attached hydrogens (tertiary/aromatic N) is 1. The number of carbonyl (C=O) groups excluding carboxylic acids is 1. The van der Waals surface area contributed by atoms with Gasteiger partial charge in [-0.1, -0.05) is 54.2 Å². The van der Waals surface area contributed by atoms with E-state index in [1.54, 1.807) is 24.3 Å². The van der Waals surface area contributed by atoms with Crippen LogP contribution in [0.3, 0.4) is 0 Å². The van der Waals surface area contributed by atoms with E-state index in [1.165, 1.54) is 11.8 Å². The third-order valence-electron chi connectivity index (χ3n) is 4.44. The fourth-order valence-electron chi connectivity index (χ4n) is 3.14. The van der Waals surface area contributed by atoms with Crippen LogP contribution in [0.25, 0.3) is 0 Å². The lowest BCUT2D eigenvalue weighted by molar-refractivity contribution is -0.116. The molecule has 0 fully saturated rings. The highest BCUT2D eigenvalue weighted by Crippen LogP contribution is 2.35. The van der Waals surface area contributed by atoms with Crippen LogP contribution in [0, 0.1) is 0 Å². The van der Waals surface area contributed by atoms with Gasteiger partial charge in [-0.25, -0.2) is 4.98 Å². The van der Waals surface area contributed by atoms with Gasteiger partial charge in [0.1, 0.15) is 11.6 Å². The highest BCUT2D eigenvalue weighted by Gasteiger charge is 2.30. The van der Waals surface area contributed by atoms with Crippen LogP contribution < -0.4 is 10.9 Å². The number of aromatic nitrogens is 2. The molecule has 3 aromatic rings. The largest absolute Gasteiger partial charge is 0.508 e. The summed E-state index contributed by atoms with van der Waals surface area (Å²) < 4.78 is 0. The van der Waals surface area contributed by atoms with E-state index in [1.807, 2.05) is 30.3 Å². The third-order valence-corrected chi connectivity index (χ3v) is 5.39. The number of phenols is 1. The molecule has 4 rings (SSSR count). The monoisotopic (exact) mass is 379 g/mol. The van der Waals surface area contributed by atoms with Crippen LogP contribution in [-0.2, 0) is 10.5 Å². The van der Waals surface area contributed by atoms with E-state index in [4.69, 9.17) is 0 Å². The highest BCUT2D eigenvalue weighted by molar-refractivity contribution is 7.98. The van der Waals surface area contributed by atoms with Gasteiger partial charge in [0.25, 0.3) is 5.56 Å². The Morgan fingerprint density at radius 1 is 1.07 bits per heavy atom. The van der Waals surface area contributed by atoms with Crippen LogP contribution in [0.2, 0.25) is 0 Å². The second kappa shape index (κ2) is 7.28. The summed E-state index contributed by atoms with van der Waals surface area (Å²) in [6.07, 6.45) is 0.166. The number of nitrogens with one attached hydrogen (secondary N) is 2. The summed E-state index contributed by atoms with van der Waals surface area (Å²) in [5, 5.41) is 12.7. The van der Waals surface area contributed by atoms with Gasteiger partial charge in [0.15, 0.2) is 5.16 Å². The number of carbonyl (C=O) groups is 1. The zero-order valence-corrected chi connectivity index (χ0v) is 15.1. The van der Waals surface area contributed by atoms with Gasteiger partial charge in [0.2, 0.25) is 5.91 Å². The average Bonchev–Trinajstić information content (AvgIpc) is 2.67. The van der Waals surface area contributed by atoms with Gasteiger partial charge in [-0.3, -0.25) is 9.59 Å². The Morgan fingerprint density at radius 2 is 1.81 bits per heavy atom. The first-order chi connectivity index (χ1) is 13.1. The van der Waals surface area contributed by atoms with E-state index in [0.29, 0.717) is 22.3 Å². The molecule has 1 aliphatic heterocycles. The predicted molar refractivity (Wildman–Crippen MR) is 104 cm³/mol. The first kappa shape index (κ1) is 17.4. The zero-order chi connectivity index (χ0) is 18.8. The van der Waals surface area contributed by atoms with Crippen LogP contribution >= 0.6 is 11.8 Å². The number of fused-ring (bicyclic) bond motifs is 1. The quantitative estimate of drug-likeness (QED) is 0.478. The minimum absolute atomic E-state index is 0.138. The molecule has 0 bridgehead atoms. The molecular formula is C20H17N3O3S. The molecule has 0 aliphatic carbocycles. The molecular weight excluding hydrogens is 362 g/mol. The molecule has 1 unspecified atom stereocenters. The minimum Gasteiger partial charge on any atom is -0.508 e. The van der Waals surface area contributed by atoms with Crippen molar-refractivity contribution in [3.63, 3.8) is 0 Å². The van der Waals surface area contributed by atoms with Gasteiger partial charge >= 0.3 is 0 Å². The number of rotatable bonds is 4. The molecule has 2 aromatic carbocycles. The molecule has 0 saturated heterocycles. The van der Waals surface area contributed by atoms with E-state index >= 15 is 0 Å². The molecule has 6 nitrogen and oxygen atoms in total. The Morgan fingerprint density at radius 3 is 2.56 bits per heavy atom. The van der Waals surface area contributed by atoms with Gasteiger partial charge in [-0.05, 0) is 23.3 Å². The molecule has 27 heavy (non-hydrogen) atoms. The Hall–Kier alpha value is -3.06. The van der Waals surface area contributed by atoms with Gasteiger partial charge in [-0.2, -0.15) is 0 Å². The van der Waals surface area contributed by atoms with Crippen LogP contribution in [0.4, 0.5) is 5.82 Å². The Kier molecular flexibility index (Phi) is 4.68. The summed E-state index contributed by atoms with van der Waals surface area (Å²) in [5.41, 5.74) is 2.10. The number of thioether (sulfide) groups is 1. The smallest absolute Gasteiger partial charge is 0.257 e. The molecule has 0 radical (unpaired) electrons. The SMILES string of the molecule is O=C1CC(c2ccc(O)cc2)c2c(nc(SCc3ccccc3)[nH]c2=O)N1. The predicted octanol–water partition coefficient (Wildman–Crippen LogP) is 3.24. The maximum absolute atomic E-state index is 12.7. The van der Waals surface area contributed by atoms with Crippen molar-refractivity contribution in [2.75, 3.05) is 5.32 Å². The van der Waals surface area contributed by atoms with Gasteiger partial charge in [-0.15, -0.1) is 0 Å². The molecule has 1 amide bonds. The van der Waals surface area contributed by atoms with Crippen molar-refractivity contribution in [1.29, 1.82) is 0 Å². The Balaban J connectivity index is 1.66. The Bertz CT molecular complexity index is 1030. The summed E-state index contributed by atoms with van der Waals surface area (Å²) in [6, 6.07) is 16.4.